The van der Waals surface area contributed by atoms with Crippen LogP contribution in [0.5, 0.6) is 0 Å². The second-order valence-electron chi connectivity index (χ2n) is 3.97. The summed E-state index contributed by atoms with van der Waals surface area (Å²) in [7, 11) is 0. The van der Waals surface area contributed by atoms with Crippen LogP contribution in [-0.4, -0.2) is 24.9 Å². The third-order valence-corrected chi connectivity index (χ3v) is 2.68. The first-order valence-electron chi connectivity index (χ1n) is 5.57. The number of benzene rings is 1. The predicted octanol–water partition coefficient (Wildman–Crippen LogP) is 1.81. The number of nitrogens with one attached hydrogen (secondary N) is 3. The lowest BCUT2D eigenvalue weighted by Crippen LogP contribution is -2.00. The van der Waals surface area contributed by atoms with Gasteiger partial charge in [-0.25, -0.2) is 9.97 Å². The molecule has 0 aliphatic rings. The summed E-state index contributed by atoms with van der Waals surface area (Å²) < 4.78 is 0. The Morgan fingerprint density at radius 2 is 2.32 bits per heavy atom. The van der Waals surface area contributed by atoms with Crippen molar-refractivity contribution in [1.29, 1.82) is 0 Å². The maximum Gasteiger partial charge on any atom is 0.271 e. The number of non-ortho nitro benzene ring substituents is 1. The highest BCUT2D eigenvalue weighted by Crippen LogP contribution is 2.20. The average Bonchev–Trinajstić information content (AvgIpc) is 3.04. The van der Waals surface area contributed by atoms with Crippen molar-refractivity contribution in [1.82, 2.24) is 19.9 Å². The van der Waals surface area contributed by atoms with E-state index in [1.54, 1.807) is 18.6 Å². The number of aromatic nitrogens is 4. The van der Waals surface area contributed by atoms with E-state index in [9.17, 15) is 10.1 Å². The van der Waals surface area contributed by atoms with Crippen LogP contribution in [0.2, 0.25) is 0 Å². The molecular weight excluding hydrogens is 248 g/mol. The Morgan fingerprint density at radius 3 is 3.05 bits per heavy atom. The van der Waals surface area contributed by atoms with Crippen molar-refractivity contribution in [2.75, 3.05) is 5.32 Å². The lowest BCUT2D eigenvalue weighted by atomic mass is 10.3. The molecule has 1 aromatic carbocycles. The molecule has 0 saturated heterocycles. The minimum atomic E-state index is -0.433. The van der Waals surface area contributed by atoms with Gasteiger partial charge in [0.05, 0.1) is 34.5 Å². The van der Waals surface area contributed by atoms with E-state index in [1.807, 2.05) is 0 Å². The number of hydrogen-bond acceptors (Lipinski definition) is 5. The van der Waals surface area contributed by atoms with Crippen LogP contribution in [0, 0.1) is 10.1 Å². The highest BCUT2D eigenvalue weighted by Gasteiger charge is 2.09. The van der Waals surface area contributed by atoms with Crippen LogP contribution in [-0.2, 0) is 6.54 Å². The number of imidazole rings is 2. The molecule has 8 nitrogen and oxygen atoms in total. The van der Waals surface area contributed by atoms with Crippen molar-refractivity contribution in [3.8, 4) is 0 Å². The Balaban J connectivity index is 1.83. The molecule has 0 spiro atoms. The van der Waals surface area contributed by atoms with Gasteiger partial charge >= 0.3 is 0 Å². The molecule has 0 aliphatic heterocycles. The Labute approximate surface area is 107 Å². The molecule has 0 bridgehead atoms. The Bertz CT molecular complexity index is 718. The molecule has 3 rings (SSSR count). The quantitative estimate of drug-likeness (QED) is 0.488. The van der Waals surface area contributed by atoms with E-state index in [0.29, 0.717) is 23.5 Å². The van der Waals surface area contributed by atoms with Gasteiger partial charge in [-0.05, 0) is 6.07 Å². The van der Waals surface area contributed by atoms with E-state index in [1.165, 1.54) is 12.1 Å². The monoisotopic (exact) mass is 258 g/mol. The minimum absolute atomic E-state index is 0.0382. The second-order valence-corrected chi connectivity index (χ2v) is 3.97. The van der Waals surface area contributed by atoms with E-state index in [0.717, 1.165) is 5.69 Å². The molecule has 3 N–H and O–H groups in total. The van der Waals surface area contributed by atoms with Crippen molar-refractivity contribution in [2.45, 2.75) is 6.54 Å². The van der Waals surface area contributed by atoms with Gasteiger partial charge in [-0.3, -0.25) is 10.1 Å². The van der Waals surface area contributed by atoms with E-state index in [-0.39, 0.29) is 5.69 Å². The zero-order chi connectivity index (χ0) is 13.2. The van der Waals surface area contributed by atoms with Crippen LogP contribution >= 0.6 is 0 Å². The summed E-state index contributed by atoms with van der Waals surface area (Å²) in [5.74, 6) is 0.560. The molecule has 0 aliphatic carbocycles. The first-order valence-corrected chi connectivity index (χ1v) is 5.57. The molecule has 0 amide bonds. The van der Waals surface area contributed by atoms with Gasteiger partial charge in [0.1, 0.15) is 0 Å². The lowest BCUT2D eigenvalue weighted by molar-refractivity contribution is -0.384. The van der Waals surface area contributed by atoms with Crippen LogP contribution < -0.4 is 5.32 Å². The predicted molar refractivity (Wildman–Crippen MR) is 68.7 cm³/mol. The normalized spacial score (nSPS) is 10.7. The smallest absolute Gasteiger partial charge is 0.271 e. The van der Waals surface area contributed by atoms with Crippen molar-refractivity contribution in [3.05, 3.63) is 46.5 Å². The second kappa shape index (κ2) is 4.41. The molecule has 0 atom stereocenters. The Hall–Kier alpha value is -2.90. The summed E-state index contributed by atoms with van der Waals surface area (Å²) in [6, 6.07) is 4.51. The van der Waals surface area contributed by atoms with Crippen LogP contribution in [0.15, 0.2) is 30.7 Å². The van der Waals surface area contributed by atoms with Crippen LogP contribution in [0.25, 0.3) is 11.0 Å². The number of hydrogen-bond donors (Lipinski definition) is 3. The third-order valence-electron chi connectivity index (χ3n) is 2.68. The third kappa shape index (κ3) is 2.23. The van der Waals surface area contributed by atoms with Crippen molar-refractivity contribution in [3.63, 3.8) is 0 Å². The van der Waals surface area contributed by atoms with Gasteiger partial charge in [0.2, 0.25) is 5.95 Å². The number of H-pyrrole nitrogens is 2. The number of anilines is 1. The molecule has 2 aromatic heterocycles. The Morgan fingerprint density at radius 1 is 1.42 bits per heavy atom. The van der Waals surface area contributed by atoms with E-state index in [2.05, 4.69) is 25.3 Å². The van der Waals surface area contributed by atoms with Gasteiger partial charge in [0.25, 0.3) is 5.69 Å². The number of fused-ring (bicyclic) bond motifs is 1. The summed E-state index contributed by atoms with van der Waals surface area (Å²) >= 11 is 0. The molecule has 2 heterocycles. The van der Waals surface area contributed by atoms with Gasteiger partial charge in [-0.1, -0.05) is 0 Å². The fraction of sp³-hybridized carbons (Fsp3) is 0.0909. The lowest BCUT2D eigenvalue weighted by Gasteiger charge is -1.98. The van der Waals surface area contributed by atoms with Gasteiger partial charge < -0.3 is 15.3 Å². The van der Waals surface area contributed by atoms with E-state index >= 15 is 0 Å². The number of nitro benzene ring substituents is 1. The molecular formula is C11H10N6O2. The minimum Gasteiger partial charge on any atom is -0.350 e. The summed E-state index contributed by atoms with van der Waals surface area (Å²) in [5, 5.41) is 13.8. The molecule has 8 heteroatoms. The molecule has 0 radical (unpaired) electrons. The highest BCUT2D eigenvalue weighted by atomic mass is 16.6. The fourth-order valence-corrected chi connectivity index (χ4v) is 1.76. The number of nitro groups is 1. The largest absolute Gasteiger partial charge is 0.350 e. The molecule has 19 heavy (non-hydrogen) atoms. The molecule has 0 fully saturated rings. The maximum atomic E-state index is 10.7. The summed E-state index contributed by atoms with van der Waals surface area (Å²) in [5.41, 5.74) is 2.27. The molecule has 0 unspecified atom stereocenters. The van der Waals surface area contributed by atoms with Crippen molar-refractivity contribution < 1.29 is 4.92 Å². The van der Waals surface area contributed by atoms with Gasteiger partial charge in [-0.2, -0.15) is 0 Å². The van der Waals surface area contributed by atoms with Gasteiger partial charge in [0, 0.05) is 18.3 Å². The fourth-order valence-electron chi connectivity index (χ4n) is 1.76. The molecule has 96 valence electrons. The average molecular weight is 258 g/mol. The number of rotatable bonds is 4. The maximum absolute atomic E-state index is 10.7. The summed E-state index contributed by atoms with van der Waals surface area (Å²) in [6.45, 7) is 0.544. The molecule has 0 saturated carbocycles. The van der Waals surface area contributed by atoms with Crippen LogP contribution in [0.3, 0.4) is 0 Å². The zero-order valence-corrected chi connectivity index (χ0v) is 9.75. The first-order chi connectivity index (χ1) is 9.22. The van der Waals surface area contributed by atoms with Crippen molar-refractivity contribution >= 4 is 22.7 Å². The molecule has 3 aromatic rings. The van der Waals surface area contributed by atoms with E-state index in [4.69, 9.17) is 0 Å². The van der Waals surface area contributed by atoms with Crippen LogP contribution in [0.4, 0.5) is 11.6 Å². The Kier molecular flexibility index (Phi) is 2.60. The zero-order valence-electron chi connectivity index (χ0n) is 9.75. The standard InChI is InChI=1S/C11H10N6O2/c18-17(19)8-1-2-9-10(3-8)16-11(15-9)13-5-7-4-12-6-14-7/h1-4,6H,5H2,(H,12,14)(H2,13,15,16). The first kappa shape index (κ1) is 11.2. The number of nitrogens with zero attached hydrogens (tertiary/aromatic N) is 3. The summed E-state index contributed by atoms with van der Waals surface area (Å²) in [4.78, 5) is 24.4. The SMILES string of the molecule is O=[N+]([O-])c1ccc2nc(NCc3cnc[nH]3)[nH]c2c1. The number of aromatic amines is 2. The topological polar surface area (TPSA) is 113 Å². The van der Waals surface area contributed by atoms with Crippen LogP contribution in [0.1, 0.15) is 5.69 Å². The highest BCUT2D eigenvalue weighted by molar-refractivity contribution is 5.79. The van der Waals surface area contributed by atoms with Gasteiger partial charge in [-0.15, -0.1) is 0 Å². The van der Waals surface area contributed by atoms with Crippen molar-refractivity contribution in [2.24, 2.45) is 0 Å². The van der Waals surface area contributed by atoms with Gasteiger partial charge in [0.15, 0.2) is 0 Å². The summed E-state index contributed by atoms with van der Waals surface area (Å²) in [6.07, 6.45) is 3.31. The van der Waals surface area contributed by atoms with E-state index < -0.39 is 4.92 Å².